The summed E-state index contributed by atoms with van der Waals surface area (Å²) in [6.45, 7) is 9.57. The highest BCUT2D eigenvalue weighted by Gasteiger charge is 2.35. The molecule has 0 aromatic heterocycles. The minimum absolute atomic E-state index is 0.671. The van der Waals surface area contributed by atoms with Crippen molar-refractivity contribution in [3.8, 4) is 0 Å². The maximum atomic E-state index is 2.60. The van der Waals surface area contributed by atoms with E-state index < -0.39 is 0 Å². The van der Waals surface area contributed by atoms with Crippen molar-refractivity contribution in [2.75, 3.05) is 31.6 Å². The Kier molecular flexibility index (Phi) is 6.06. The number of nitrogens with zero attached hydrogens (tertiary/aromatic N) is 2. The van der Waals surface area contributed by atoms with Crippen molar-refractivity contribution in [1.29, 1.82) is 0 Å². The van der Waals surface area contributed by atoms with Crippen molar-refractivity contribution in [2.24, 2.45) is 5.92 Å². The van der Waals surface area contributed by atoms with Gasteiger partial charge in [-0.05, 0) is 85.9 Å². The predicted octanol–water partition coefficient (Wildman–Crippen LogP) is 6.04. The largest absolute Gasteiger partial charge is 0.372 e. The predicted molar refractivity (Wildman–Crippen MR) is 120 cm³/mol. The van der Waals surface area contributed by atoms with Gasteiger partial charge in [0, 0.05) is 25.3 Å². The van der Waals surface area contributed by atoms with Crippen LogP contribution in [0.1, 0.15) is 68.1 Å². The van der Waals surface area contributed by atoms with Gasteiger partial charge in [-0.1, -0.05) is 50.2 Å². The first kappa shape index (κ1) is 19.5. The molecular formula is C26H36N2. The van der Waals surface area contributed by atoms with Crippen LogP contribution in [0.15, 0.2) is 48.5 Å². The molecule has 2 aromatic carbocycles. The SMILES string of the molecule is CC1c2cc(N3CCCCC3)ccc2C(CCN(C)Cc2ccccc2)[C@@H]1C. The molecule has 0 spiro atoms. The summed E-state index contributed by atoms with van der Waals surface area (Å²) in [4.78, 5) is 5.08. The lowest BCUT2D eigenvalue weighted by Gasteiger charge is -2.29. The molecule has 2 nitrogen and oxygen atoms in total. The Bertz CT molecular complexity index is 763. The van der Waals surface area contributed by atoms with Gasteiger partial charge in [-0.3, -0.25) is 0 Å². The van der Waals surface area contributed by atoms with Crippen LogP contribution in [-0.2, 0) is 6.54 Å². The van der Waals surface area contributed by atoms with E-state index in [0.29, 0.717) is 11.8 Å². The van der Waals surface area contributed by atoms with Gasteiger partial charge in [0.15, 0.2) is 0 Å². The monoisotopic (exact) mass is 376 g/mol. The van der Waals surface area contributed by atoms with E-state index in [2.05, 4.69) is 79.2 Å². The molecule has 3 atom stereocenters. The third kappa shape index (κ3) is 4.12. The molecular weight excluding hydrogens is 340 g/mol. The van der Waals surface area contributed by atoms with E-state index in [1.807, 2.05) is 0 Å². The Morgan fingerprint density at radius 3 is 2.43 bits per heavy atom. The maximum Gasteiger partial charge on any atom is 0.0369 e. The van der Waals surface area contributed by atoms with Crippen molar-refractivity contribution < 1.29 is 0 Å². The topological polar surface area (TPSA) is 6.48 Å². The van der Waals surface area contributed by atoms with Crippen molar-refractivity contribution in [2.45, 2.75) is 57.9 Å². The Morgan fingerprint density at radius 1 is 0.929 bits per heavy atom. The van der Waals surface area contributed by atoms with Crippen LogP contribution in [0.3, 0.4) is 0 Å². The van der Waals surface area contributed by atoms with Crippen LogP contribution in [0.4, 0.5) is 5.69 Å². The summed E-state index contributed by atoms with van der Waals surface area (Å²) in [5, 5.41) is 0. The lowest BCUT2D eigenvalue weighted by Crippen LogP contribution is -2.29. The van der Waals surface area contributed by atoms with Gasteiger partial charge < -0.3 is 9.80 Å². The van der Waals surface area contributed by atoms with Gasteiger partial charge in [-0.25, -0.2) is 0 Å². The maximum absolute atomic E-state index is 2.60. The van der Waals surface area contributed by atoms with E-state index in [-0.39, 0.29) is 0 Å². The molecule has 1 saturated heterocycles. The van der Waals surface area contributed by atoms with Gasteiger partial charge in [0.1, 0.15) is 0 Å². The number of piperidine rings is 1. The first-order valence-electron chi connectivity index (χ1n) is 11.2. The second-order valence-corrected chi connectivity index (χ2v) is 9.13. The Labute approximate surface area is 171 Å². The molecule has 2 heteroatoms. The summed E-state index contributed by atoms with van der Waals surface area (Å²) in [5.41, 5.74) is 6.10. The second-order valence-electron chi connectivity index (χ2n) is 9.13. The fourth-order valence-corrected chi connectivity index (χ4v) is 5.31. The van der Waals surface area contributed by atoms with Crippen molar-refractivity contribution in [3.05, 3.63) is 65.2 Å². The van der Waals surface area contributed by atoms with Crippen LogP contribution in [0, 0.1) is 5.92 Å². The molecule has 2 aromatic rings. The van der Waals surface area contributed by atoms with Gasteiger partial charge >= 0.3 is 0 Å². The zero-order valence-corrected chi connectivity index (χ0v) is 17.9. The molecule has 2 aliphatic rings. The van der Waals surface area contributed by atoms with Gasteiger partial charge in [-0.2, -0.15) is 0 Å². The molecule has 1 aliphatic heterocycles. The van der Waals surface area contributed by atoms with Crippen molar-refractivity contribution in [1.82, 2.24) is 4.90 Å². The fourth-order valence-electron chi connectivity index (χ4n) is 5.31. The van der Waals surface area contributed by atoms with Crippen LogP contribution < -0.4 is 4.90 Å². The molecule has 0 amide bonds. The molecule has 2 unspecified atom stereocenters. The van der Waals surface area contributed by atoms with E-state index in [1.54, 1.807) is 11.1 Å². The normalized spacial score (nSPS) is 24.6. The second kappa shape index (κ2) is 8.69. The zero-order chi connectivity index (χ0) is 19.5. The molecule has 150 valence electrons. The minimum atomic E-state index is 0.671. The lowest BCUT2D eigenvalue weighted by molar-refractivity contribution is 0.292. The Hall–Kier alpha value is -1.80. The van der Waals surface area contributed by atoms with E-state index in [4.69, 9.17) is 0 Å². The van der Waals surface area contributed by atoms with E-state index in [1.165, 1.54) is 50.0 Å². The highest BCUT2D eigenvalue weighted by atomic mass is 15.1. The Balaban J connectivity index is 1.43. The summed E-state index contributed by atoms with van der Waals surface area (Å²) in [7, 11) is 2.26. The molecule has 28 heavy (non-hydrogen) atoms. The van der Waals surface area contributed by atoms with Crippen molar-refractivity contribution >= 4 is 5.69 Å². The summed E-state index contributed by atoms with van der Waals surface area (Å²) in [5.74, 6) is 2.10. The average molecular weight is 377 g/mol. The van der Waals surface area contributed by atoms with Crippen LogP contribution in [0.25, 0.3) is 0 Å². The number of anilines is 1. The number of hydrogen-bond donors (Lipinski definition) is 0. The minimum Gasteiger partial charge on any atom is -0.372 e. The molecule has 1 aliphatic carbocycles. The smallest absolute Gasteiger partial charge is 0.0369 e. The molecule has 1 fully saturated rings. The first-order valence-corrected chi connectivity index (χ1v) is 11.2. The summed E-state index contributed by atoms with van der Waals surface area (Å²) >= 11 is 0. The number of fused-ring (bicyclic) bond motifs is 1. The third-order valence-electron chi connectivity index (χ3n) is 7.22. The fraction of sp³-hybridized carbons (Fsp3) is 0.538. The summed E-state index contributed by atoms with van der Waals surface area (Å²) in [6.07, 6.45) is 5.34. The molecule has 1 heterocycles. The number of rotatable bonds is 6. The van der Waals surface area contributed by atoms with Gasteiger partial charge in [0.2, 0.25) is 0 Å². The number of hydrogen-bond acceptors (Lipinski definition) is 2. The first-order chi connectivity index (χ1) is 13.6. The molecule has 0 saturated carbocycles. The number of benzene rings is 2. The summed E-state index contributed by atoms with van der Waals surface area (Å²) < 4.78 is 0. The molecule has 0 N–H and O–H groups in total. The third-order valence-corrected chi connectivity index (χ3v) is 7.22. The van der Waals surface area contributed by atoms with Crippen LogP contribution >= 0.6 is 0 Å². The van der Waals surface area contributed by atoms with Crippen molar-refractivity contribution in [3.63, 3.8) is 0 Å². The van der Waals surface area contributed by atoms with E-state index in [9.17, 15) is 0 Å². The van der Waals surface area contributed by atoms with E-state index >= 15 is 0 Å². The molecule has 0 bridgehead atoms. The van der Waals surface area contributed by atoms with E-state index in [0.717, 1.165) is 19.0 Å². The van der Waals surface area contributed by atoms with Gasteiger partial charge in [0.25, 0.3) is 0 Å². The van der Waals surface area contributed by atoms with Gasteiger partial charge in [0.05, 0.1) is 0 Å². The quantitative estimate of drug-likeness (QED) is 0.607. The zero-order valence-electron chi connectivity index (χ0n) is 17.9. The summed E-state index contributed by atoms with van der Waals surface area (Å²) in [6, 6.07) is 18.2. The van der Waals surface area contributed by atoms with Crippen LogP contribution in [0.2, 0.25) is 0 Å². The lowest BCUT2D eigenvalue weighted by atomic mass is 9.87. The highest BCUT2D eigenvalue weighted by molar-refractivity contribution is 5.55. The van der Waals surface area contributed by atoms with Gasteiger partial charge in [-0.15, -0.1) is 0 Å². The Morgan fingerprint density at radius 2 is 1.68 bits per heavy atom. The highest BCUT2D eigenvalue weighted by Crippen LogP contribution is 2.48. The molecule has 0 radical (unpaired) electrons. The van der Waals surface area contributed by atoms with Crippen LogP contribution in [-0.4, -0.2) is 31.6 Å². The standard InChI is InChI=1S/C26H36N2/c1-20-21(2)26-18-23(28-15-8-5-9-16-28)12-13-25(26)24(20)14-17-27(3)19-22-10-6-4-7-11-22/h4,6-7,10-13,18,20-21,24H,5,8-9,14-17,19H2,1-3H3/t20-,21?,24?/m1/s1. The van der Waals surface area contributed by atoms with Crippen LogP contribution in [0.5, 0.6) is 0 Å². The molecule has 4 rings (SSSR count). The average Bonchev–Trinajstić information content (AvgIpc) is 2.97.